The van der Waals surface area contributed by atoms with E-state index in [-0.39, 0.29) is 12.3 Å². The zero-order valence-electron chi connectivity index (χ0n) is 14.3. The van der Waals surface area contributed by atoms with Gasteiger partial charge in [-0.05, 0) is 55.2 Å². The Bertz CT molecular complexity index is 691. The quantitative estimate of drug-likeness (QED) is 0.751. The second-order valence-electron chi connectivity index (χ2n) is 7.65. The molecule has 4 rings (SSSR count). The molecule has 0 aromatic heterocycles. The maximum absolute atomic E-state index is 12.7. The molecule has 0 spiro atoms. The lowest BCUT2D eigenvalue weighted by molar-refractivity contribution is -0.127. The summed E-state index contributed by atoms with van der Waals surface area (Å²) in [7, 11) is 0. The predicted molar refractivity (Wildman–Crippen MR) is 91.5 cm³/mol. The van der Waals surface area contributed by atoms with Crippen molar-refractivity contribution in [3.8, 4) is 5.75 Å². The van der Waals surface area contributed by atoms with Gasteiger partial charge >= 0.3 is 0 Å². The monoisotopic (exact) mass is 344 g/mol. The Balaban J connectivity index is 1.49. The zero-order chi connectivity index (χ0) is 17.4. The molecule has 1 saturated heterocycles. The topological polar surface area (TPSA) is 90.7 Å². The predicted octanol–water partition coefficient (Wildman–Crippen LogP) is 1.73. The summed E-state index contributed by atoms with van der Waals surface area (Å²) in [5.74, 6) is 1.39. The minimum atomic E-state index is -0.673. The first-order valence-electron chi connectivity index (χ1n) is 9.00. The van der Waals surface area contributed by atoms with Crippen molar-refractivity contribution in [3.05, 3.63) is 29.3 Å². The highest BCUT2D eigenvalue weighted by atomic mass is 16.5. The Labute approximate surface area is 147 Å². The normalized spacial score (nSPS) is 21.3. The third-order valence-electron chi connectivity index (χ3n) is 5.11. The lowest BCUT2D eigenvalue weighted by atomic mass is 9.92. The number of carbonyl (C=O) groups excluding carboxylic acids is 2. The van der Waals surface area contributed by atoms with E-state index >= 15 is 0 Å². The molecule has 3 N–H and O–H groups in total. The van der Waals surface area contributed by atoms with Crippen molar-refractivity contribution in [2.45, 2.75) is 43.6 Å². The first-order chi connectivity index (χ1) is 12.0. The number of carbonyl (C=O) groups is 2. The number of ether oxygens (including phenoxy) is 2. The first kappa shape index (κ1) is 16.4. The number of hydrogen-bond donors (Lipinski definition) is 2. The van der Waals surface area contributed by atoms with Crippen LogP contribution in [0, 0.1) is 5.92 Å². The molecule has 3 aliphatic rings. The van der Waals surface area contributed by atoms with Crippen LogP contribution in [0.4, 0.5) is 0 Å². The maximum Gasteiger partial charge on any atom is 0.252 e. The third-order valence-corrected chi connectivity index (χ3v) is 5.11. The van der Waals surface area contributed by atoms with Crippen LogP contribution in [-0.4, -0.2) is 37.2 Å². The summed E-state index contributed by atoms with van der Waals surface area (Å²) < 4.78 is 11.2. The molecule has 1 heterocycles. The van der Waals surface area contributed by atoms with Crippen LogP contribution in [0.2, 0.25) is 0 Å². The van der Waals surface area contributed by atoms with Crippen molar-refractivity contribution in [2.75, 3.05) is 19.8 Å². The summed E-state index contributed by atoms with van der Waals surface area (Å²) >= 11 is 0. The van der Waals surface area contributed by atoms with E-state index in [1.54, 1.807) is 0 Å². The van der Waals surface area contributed by atoms with Gasteiger partial charge in [0, 0.05) is 5.56 Å². The average molecular weight is 344 g/mol. The van der Waals surface area contributed by atoms with E-state index in [0.29, 0.717) is 30.6 Å². The Morgan fingerprint density at radius 1 is 1.24 bits per heavy atom. The summed E-state index contributed by atoms with van der Waals surface area (Å²) in [4.78, 5) is 23.9. The number of amides is 2. The Morgan fingerprint density at radius 2 is 2.00 bits per heavy atom. The van der Waals surface area contributed by atoms with E-state index in [4.69, 9.17) is 15.2 Å². The second-order valence-corrected chi connectivity index (χ2v) is 7.65. The zero-order valence-corrected chi connectivity index (χ0v) is 14.3. The molecule has 0 unspecified atom stereocenters. The minimum Gasteiger partial charge on any atom is -0.493 e. The number of nitrogens with one attached hydrogen (secondary N) is 1. The standard InChI is InChI=1S/C19H24N2O4/c20-17(22)8-19(10-24-11-19)21-18(23)14-5-6-15(13-3-4-13)16(7-14)25-9-12-1-2-12/h5-7,12-13H,1-4,8-11H2,(H2,20,22)(H,21,23). The smallest absolute Gasteiger partial charge is 0.252 e. The number of primary amides is 1. The third kappa shape index (κ3) is 3.79. The fourth-order valence-electron chi connectivity index (χ4n) is 3.24. The highest BCUT2D eigenvalue weighted by molar-refractivity contribution is 5.95. The van der Waals surface area contributed by atoms with Gasteiger partial charge in [-0.3, -0.25) is 9.59 Å². The molecule has 1 aliphatic heterocycles. The van der Waals surface area contributed by atoms with Crippen LogP contribution in [0.5, 0.6) is 5.75 Å². The van der Waals surface area contributed by atoms with Gasteiger partial charge in [0.25, 0.3) is 5.91 Å². The first-order valence-corrected chi connectivity index (χ1v) is 9.00. The van der Waals surface area contributed by atoms with Gasteiger partial charge in [-0.25, -0.2) is 0 Å². The van der Waals surface area contributed by atoms with Crippen molar-refractivity contribution < 1.29 is 19.1 Å². The molecule has 2 amide bonds. The number of benzene rings is 1. The Kier molecular flexibility index (Phi) is 4.15. The van der Waals surface area contributed by atoms with Crippen LogP contribution in [-0.2, 0) is 9.53 Å². The molecular formula is C19H24N2O4. The highest BCUT2D eigenvalue weighted by Crippen LogP contribution is 2.45. The molecule has 1 aromatic carbocycles. The van der Waals surface area contributed by atoms with Crippen LogP contribution in [0.15, 0.2) is 18.2 Å². The van der Waals surface area contributed by atoms with E-state index in [2.05, 4.69) is 5.32 Å². The second kappa shape index (κ2) is 6.33. The van der Waals surface area contributed by atoms with Gasteiger partial charge < -0.3 is 20.5 Å². The molecular weight excluding hydrogens is 320 g/mol. The molecule has 2 saturated carbocycles. The molecule has 0 radical (unpaired) electrons. The average Bonchev–Trinajstić information content (AvgIpc) is 3.44. The molecule has 1 aromatic rings. The van der Waals surface area contributed by atoms with Crippen LogP contribution >= 0.6 is 0 Å². The van der Waals surface area contributed by atoms with Crippen molar-refractivity contribution in [3.63, 3.8) is 0 Å². The van der Waals surface area contributed by atoms with E-state index in [1.807, 2.05) is 18.2 Å². The van der Waals surface area contributed by atoms with Crippen LogP contribution in [0.25, 0.3) is 0 Å². The molecule has 25 heavy (non-hydrogen) atoms. The molecule has 2 aliphatic carbocycles. The van der Waals surface area contributed by atoms with Gasteiger partial charge in [0.15, 0.2) is 0 Å². The summed E-state index contributed by atoms with van der Waals surface area (Å²) in [5.41, 5.74) is 6.37. The summed E-state index contributed by atoms with van der Waals surface area (Å²) in [6.07, 6.45) is 4.92. The molecule has 6 nitrogen and oxygen atoms in total. The SMILES string of the molecule is NC(=O)CC1(NC(=O)c2ccc(C3CC3)c(OCC3CC3)c2)COC1. The van der Waals surface area contributed by atoms with Gasteiger partial charge in [0.1, 0.15) is 5.75 Å². The largest absolute Gasteiger partial charge is 0.493 e. The fraction of sp³-hybridized carbons (Fsp3) is 0.579. The van der Waals surface area contributed by atoms with Gasteiger partial charge in [-0.15, -0.1) is 0 Å². The Hall–Kier alpha value is -2.08. The van der Waals surface area contributed by atoms with Crippen LogP contribution in [0.1, 0.15) is 53.9 Å². The van der Waals surface area contributed by atoms with Crippen LogP contribution < -0.4 is 15.8 Å². The van der Waals surface area contributed by atoms with E-state index in [0.717, 1.165) is 12.4 Å². The van der Waals surface area contributed by atoms with Crippen molar-refractivity contribution >= 4 is 11.8 Å². The van der Waals surface area contributed by atoms with Gasteiger partial charge in [0.05, 0.1) is 31.8 Å². The lowest BCUT2D eigenvalue weighted by Crippen LogP contribution is -2.63. The summed E-state index contributed by atoms with van der Waals surface area (Å²) in [5, 5.41) is 2.93. The number of hydrogen-bond acceptors (Lipinski definition) is 4. The van der Waals surface area contributed by atoms with E-state index in [1.165, 1.54) is 31.2 Å². The fourth-order valence-corrected chi connectivity index (χ4v) is 3.24. The molecule has 0 atom stereocenters. The number of nitrogens with two attached hydrogens (primary N) is 1. The van der Waals surface area contributed by atoms with Crippen molar-refractivity contribution in [1.29, 1.82) is 0 Å². The van der Waals surface area contributed by atoms with Crippen molar-refractivity contribution in [1.82, 2.24) is 5.32 Å². The number of rotatable bonds is 8. The minimum absolute atomic E-state index is 0.0872. The summed E-state index contributed by atoms with van der Waals surface area (Å²) in [6, 6.07) is 5.68. The molecule has 3 fully saturated rings. The maximum atomic E-state index is 12.7. The van der Waals surface area contributed by atoms with Gasteiger partial charge in [-0.1, -0.05) is 6.07 Å². The van der Waals surface area contributed by atoms with Crippen LogP contribution in [0.3, 0.4) is 0 Å². The molecule has 6 heteroatoms. The van der Waals surface area contributed by atoms with E-state index in [9.17, 15) is 9.59 Å². The Morgan fingerprint density at radius 3 is 2.56 bits per heavy atom. The summed E-state index contributed by atoms with van der Waals surface area (Å²) in [6.45, 7) is 1.35. The molecule has 0 bridgehead atoms. The highest BCUT2D eigenvalue weighted by Gasteiger charge is 2.41. The molecule has 134 valence electrons. The van der Waals surface area contributed by atoms with E-state index < -0.39 is 11.4 Å². The van der Waals surface area contributed by atoms with Crippen molar-refractivity contribution in [2.24, 2.45) is 11.7 Å². The van der Waals surface area contributed by atoms with Gasteiger partial charge in [0.2, 0.25) is 5.91 Å². The lowest BCUT2D eigenvalue weighted by Gasteiger charge is -2.41. The van der Waals surface area contributed by atoms with Gasteiger partial charge in [-0.2, -0.15) is 0 Å².